The molecule has 0 saturated heterocycles. The third-order valence-corrected chi connectivity index (χ3v) is 7.60. The number of amides is 1. The molecule has 0 heterocycles. The van der Waals surface area contributed by atoms with Crippen LogP contribution in [0.5, 0.6) is 0 Å². The smallest absolute Gasteiger partial charge is 0.242 e. The first kappa shape index (κ1) is 23.0. The highest BCUT2D eigenvalue weighted by molar-refractivity contribution is 7.89. The zero-order valence-electron chi connectivity index (χ0n) is 18.0. The molecule has 0 bridgehead atoms. The molecular formula is C24H29N3O3S. The molecule has 2 aromatic carbocycles. The number of benzene rings is 2. The molecule has 1 atom stereocenters. The lowest BCUT2D eigenvalue weighted by atomic mass is 9.88. The predicted molar refractivity (Wildman–Crippen MR) is 121 cm³/mol. The van der Waals surface area contributed by atoms with Crippen molar-refractivity contribution in [2.24, 2.45) is 5.92 Å². The van der Waals surface area contributed by atoms with Gasteiger partial charge in [0.1, 0.15) is 6.04 Å². The van der Waals surface area contributed by atoms with E-state index in [4.69, 9.17) is 0 Å². The summed E-state index contributed by atoms with van der Waals surface area (Å²) in [6.45, 7) is 0. The fourth-order valence-corrected chi connectivity index (χ4v) is 4.85. The summed E-state index contributed by atoms with van der Waals surface area (Å²) in [6.07, 6.45) is 5.58. The molecule has 0 aromatic heterocycles. The van der Waals surface area contributed by atoms with Crippen LogP contribution in [0.3, 0.4) is 0 Å². The zero-order chi connectivity index (χ0) is 22.4. The molecule has 7 heteroatoms. The van der Waals surface area contributed by atoms with Gasteiger partial charge in [-0.3, -0.25) is 4.79 Å². The summed E-state index contributed by atoms with van der Waals surface area (Å²) in [7, 11) is -0.480. The van der Waals surface area contributed by atoms with E-state index in [0.717, 1.165) is 42.4 Å². The summed E-state index contributed by atoms with van der Waals surface area (Å²) >= 11 is 0. The Hall–Kier alpha value is -2.69. The maximum Gasteiger partial charge on any atom is 0.242 e. The van der Waals surface area contributed by atoms with Gasteiger partial charge in [0.25, 0.3) is 0 Å². The summed E-state index contributed by atoms with van der Waals surface area (Å²) in [5.41, 5.74) is 2.63. The summed E-state index contributed by atoms with van der Waals surface area (Å²) in [5, 5.41) is 12.4. The Kier molecular flexibility index (Phi) is 7.47. The molecule has 164 valence electrons. The fourth-order valence-electron chi connectivity index (χ4n) is 3.90. The molecule has 2 aromatic rings. The lowest BCUT2D eigenvalue weighted by Crippen LogP contribution is -2.40. The topological polar surface area (TPSA) is 90.3 Å². The van der Waals surface area contributed by atoms with E-state index in [0.29, 0.717) is 6.42 Å². The van der Waals surface area contributed by atoms with Crippen LogP contribution < -0.4 is 5.32 Å². The molecule has 6 nitrogen and oxygen atoms in total. The van der Waals surface area contributed by atoms with Gasteiger partial charge < -0.3 is 5.32 Å². The second kappa shape index (κ2) is 10.1. The van der Waals surface area contributed by atoms with Crippen molar-refractivity contribution >= 4 is 15.9 Å². The number of carbonyl (C=O) groups is 1. The number of rotatable bonds is 7. The standard InChI is InChI=1S/C24H29N3O3S/c1-27(2)31(29,30)23-10-6-9-21(16-23)19-13-11-18(12-14-19)15-22(17-25)26-24(28)20-7-4-3-5-8-20/h6,9-14,16,20,22H,3-5,7-8,15H2,1-2H3,(H,26,28)/t22-/m0/s1. The lowest BCUT2D eigenvalue weighted by molar-refractivity contribution is -0.126. The van der Waals surface area contributed by atoms with Gasteiger partial charge in [0, 0.05) is 26.4 Å². The normalized spacial score (nSPS) is 15.9. The third-order valence-electron chi connectivity index (χ3n) is 5.79. The molecule has 1 aliphatic carbocycles. The molecule has 0 radical (unpaired) electrons. The number of nitrogens with zero attached hydrogens (tertiary/aromatic N) is 2. The van der Waals surface area contributed by atoms with Crippen molar-refractivity contribution in [2.45, 2.75) is 49.5 Å². The summed E-state index contributed by atoms with van der Waals surface area (Å²) in [5.74, 6) is 0.0134. The Balaban J connectivity index is 1.68. The van der Waals surface area contributed by atoms with Crippen molar-refractivity contribution in [2.75, 3.05) is 14.1 Å². The average molecular weight is 440 g/mol. The molecule has 1 saturated carbocycles. The van der Waals surface area contributed by atoms with E-state index in [9.17, 15) is 18.5 Å². The molecule has 1 N–H and O–H groups in total. The second-order valence-electron chi connectivity index (χ2n) is 8.24. The van der Waals surface area contributed by atoms with Crippen LogP contribution in [0.4, 0.5) is 0 Å². The Bertz CT molecular complexity index is 1050. The van der Waals surface area contributed by atoms with Gasteiger partial charge in [-0.15, -0.1) is 0 Å². The highest BCUT2D eigenvalue weighted by Crippen LogP contribution is 2.25. The van der Waals surface area contributed by atoms with Crippen molar-refractivity contribution in [3.05, 3.63) is 54.1 Å². The largest absolute Gasteiger partial charge is 0.340 e. The van der Waals surface area contributed by atoms with Crippen LogP contribution >= 0.6 is 0 Å². The Labute approximate surface area is 184 Å². The van der Waals surface area contributed by atoms with E-state index in [2.05, 4.69) is 11.4 Å². The first-order chi connectivity index (χ1) is 14.8. The van der Waals surface area contributed by atoms with Crippen LogP contribution in [0.1, 0.15) is 37.7 Å². The molecular weight excluding hydrogens is 410 g/mol. The molecule has 0 spiro atoms. The van der Waals surface area contributed by atoms with E-state index in [1.165, 1.54) is 24.8 Å². The van der Waals surface area contributed by atoms with Crippen LogP contribution in [0.25, 0.3) is 11.1 Å². The van der Waals surface area contributed by atoms with Gasteiger partial charge in [-0.2, -0.15) is 5.26 Å². The lowest BCUT2D eigenvalue weighted by Gasteiger charge is -2.22. The van der Waals surface area contributed by atoms with Crippen LogP contribution in [0.15, 0.2) is 53.4 Å². The highest BCUT2D eigenvalue weighted by atomic mass is 32.2. The number of nitriles is 1. The summed E-state index contributed by atoms with van der Waals surface area (Å²) < 4.78 is 26.0. The Morgan fingerprint density at radius 1 is 1.10 bits per heavy atom. The minimum atomic E-state index is -3.50. The SMILES string of the molecule is CN(C)S(=O)(=O)c1cccc(-c2ccc(C[C@@H](C#N)NC(=O)C3CCCCC3)cc2)c1. The van der Waals surface area contributed by atoms with Crippen LogP contribution in [0, 0.1) is 17.2 Å². The van der Waals surface area contributed by atoms with E-state index >= 15 is 0 Å². The number of hydrogen-bond acceptors (Lipinski definition) is 4. The van der Waals surface area contributed by atoms with Gasteiger partial charge in [0.05, 0.1) is 11.0 Å². The van der Waals surface area contributed by atoms with Crippen molar-refractivity contribution in [1.29, 1.82) is 5.26 Å². The minimum absolute atomic E-state index is 0.0122. The first-order valence-electron chi connectivity index (χ1n) is 10.6. The average Bonchev–Trinajstić information content (AvgIpc) is 2.79. The van der Waals surface area contributed by atoms with Crippen molar-refractivity contribution in [3.8, 4) is 17.2 Å². The molecule has 0 aliphatic heterocycles. The van der Waals surface area contributed by atoms with E-state index in [1.807, 2.05) is 30.3 Å². The van der Waals surface area contributed by atoms with Crippen LogP contribution in [0.2, 0.25) is 0 Å². The van der Waals surface area contributed by atoms with Crippen molar-refractivity contribution in [1.82, 2.24) is 9.62 Å². The van der Waals surface area contributed by atoms with Gasteiger partial charge in [-0.25, -0.2) is 12.7 Å². The summed E-state index contributed by atoms with van der Waals surface area (Å²) in [6, 6.07) is 16.1. The first-order valence-corrected chi connectivity index (χ1v) is 12.1. The number of nitrogens with one attached hydrogen (secondary N) is 1. The Morgan fingerprint density at radius 3 is 2.39 bits per heavy atom. The van der Waals surface area contributed by atoms with Crippen molar-refractivity contribution < 1.29 is 13.2 Å². The second-order valence-corrected chi connectivity index (χ2v) is 10.4. The number of sulfonamides is 1. The molecule has 1 amide bonds. The van der Waals surface area contributed by atoms with E-state index in [-0.39, 0.29) is 16.7 Å². The maximum atomic E-state index is 12.4. The monoisotopic (exact) mass is 439 g/mol. The Morgan fingerprint density at radius 2 is 1.77 bits per heavy atom. The molecule has 31 heavy (non-hydrogen) atoms. The fraction of sp³-hybridized carbons (Fsp3) is 0.417. The van der Waals surface area contributed by atoms with Gasteiger partial charge in [-0.1, -0.05) is 55.7 Å². The van der Waals surface area contributed by atoms with Gasteiger partial charge in [0.2, 0.25) is 15.9 Å². The van der Waals surface area contributed by atoms with Crippen LogP contribution in [-0.2, 0) is 21.2 Å². The maximum absolute atomic E-state index is 12.4. The number of hydrogen-bond donors (Lipinski definition) is 1. The molecule has 1 fully saturated rings. The molecule has 0 unspecified atom stereocenters. The quantitative estimate of drug-likeness (QED) is 0.712. The summed E-state index contributed by atoms with van der Waals surface area (Å²) in [4.78, 5) is 12.7. The van der Waals surface area contributed by atoms with Crippen LogP contribution in [-0.4, -0.2) is 38.8 Å². The van der Waals surface area contributed by atoms with E-state index in [1.54, 1.807) is 18.2 Å². The number of carbonyl (C=O) groups excluding carboxylic acids is 1. The zero-order valence-corrected chi connectivity index (χ0v) is 18.9. The van der Waals surface area contributed by atoms with Gasteiger partial charge >= 0.3 is 0 Å². The third kappa shape index (κ3) is 5.72. The molecule has 1 aliphatic rings. The minimum Gasteiger partial charge on any atom is -0.340 e. The molecule has 3 rings (SSSR count). The van der Waals surface area contributed by atoms with Gasteiger partial charge in [-0.05, 0) is 41.7 Å². The van der Waals surface area contributed by atoms with Gasteiger partial charge in [0.15, 0.2) is 0 Å². The predicted octanol–water partition coefficient (Wildman–Crippen LogP) is 3.74. The van der Waals surface area contributed by atoms with Crippen molar-refractivity contribution in [3.63, 3.8) is 0 Å². The van der Waals surface area contributed by atoms with E-state index < -0.39 is 16.1 Å². The highest BCUT2D eigenvalue weighted by Gasteiger charge is 2.23.